The smallest absolute Gasteiger partial charge is 0.253 e. The van der Waals surface area contributed by atoms with Crippen LogP contribution in [0.25, 0.3) is 0 Å². The quantitative estimate of drug-likeness (QED) is 0.284. The number of anilines is 1. The van der Waals surface area contributed by atoms with E-state index in [-0.39, 0.29) is 34.5 Å². The molecule has 3 aromatic rings. The Labute approximate surface area is 226 Å². The molecule has 1 aromatic heterocycles. The summed E-state index contributed by atoms with van der Waals surface area (Å²) in [4.78, 5) is 25.7. The second-order valence-electron chi connectivity index (χ2n) is 8.95. The van der Waals surface area contributed by atoms with Crippen LogP contribution in [0.4, 0.5) is 5.69 Å². The van der Waals surface area contributed by atoms with E-state index in [4.69, 9.17) is 23.2 Å². The second kappa shape index (κ2) is 12.6. The first-order chi connectivity index (χ1) is 17.1. The highest BCUT2D eigenvalue weighted by atomic mass is 35.5. The minimum Gasteiger partial charge on any atom is -0.342 e. The average Bonchev–Trinajstić information content (AvgIpc) is 3.22. The molecule has 0 aliphatic heterocycles. The number of carbonyl (C=O) groups excluding carboxylic acids is 2. The van der Waals surface area contributed by atoms with Crippen LogP contribution in [0.5, 0.6) is 0 Å². The summed E-state index contributed by atoms with van der Waals surface area (Å²) in [5, 5.41) is 16.1. The molecule has 36 heavy (non-hydrogen) atoms. The summed E-state index contributed by atoms with van der Waals surface area (Å²) in [6.07, 6.45) is 0.660. The predicted molar refractivity (Wildman–Crippen MR) is 147 cm³/mol. The maximum Gasteiger partial charge on any atom is 0.253 e. The van der Waals surface area contributed by atoms with Crippen LogP contribution in [-0.2, 0) is 11.3 Å². The Morgan fingerprint density at radius 1 is 1.11 bits per heavy atom. The van der Waals surface area contributed by atoms with E-state index in [1.807, 2.05) is 43.5 Å². The van der Waals surface area contributed by atoms with Crippen molar-refractivity contribution >= 4 is 52.5 Å². The highest BCUT2D eigenvalue weighted by Gasteiger charge is 2.25. The molecule has 10 heteroatoms. The van der Waals surface area contributed by atoms with Crippen LogP contribution in [0.2, 0.25) is 10.0 Å². The van der Waals surface area contributed by atoms with Crippen LogP contribution in [-0.4, -0.2) is 32.3 Å². The summed E-state index contributed by atoms with van der Waals surface area (Å²) in [5.74, 6) is 0.688. The molecule has 3 rings (SSSR count). The Kier molecular flexibility index (Phi) is 9.82. The van der Waals surface area contributed by atoms with E-state index in [0.717, 1.165) is 16.8 Å². The molecular formula is C26H31Cl2N5O2S. The molecule has 192 valence electrons. The Morgan fingerprint density at radius 3 is 2.53 bits per heavy atom. The van der Waals surface area contributed by atoms with Gasteiger partial charge in [-0.1, -0.05) is 60.9 Å². The molecule has 0 saturated carbocycles. The van der Waals surface area contributed by atoms with E-state index in [1.165, 1.54) is 11.8 Å². The Balaban J connectivity index is 1.76. The Morgan fingerprint density at radius 2 is 1.86 bits per heavy atom. The largest absolute Gasteiger partial charge is 0.342 e. The zero-order valence-electron chi connectivity index (χ0n) is 21.1. The molecule has 0 saturated heterocycles. The lowest BCUT2D eigenvalue weighted by Crippen LogP contribution is -2.32. The topological polar surface area (TPSA) is 88.9 Å². The molecule has 0 aliphatic rings. The van der Waals surface area contributed by atoms with E-state index in [1.54, 1.807) is 18.2 Å². The van der Waals surface area contributed by atoms with E-state index < -0.39 is 0 Å². The minimum atomic E-state index is -0.380. The van der Waals surface area contributed by atoms with Gasteiger partial charge in [-0.2, -0.15) is 0 Å². The molecule has 2 N–H and O–H groups in total. The monoisotopic (exact) mass is 547 g/mol. The summed E-state index contributed by atoms with van der Waals surface area (Å²) in [5.41, 5.74) is 3.31. The fourth-order valence-electron chi connectivity index (χ4n) is 3.77. The fourth-order valence-corrected chi connectivity index (χ4v) is 5.08. The van der Waals surface area contributed by atoms with Gasteiger partial charge in [-0.15, -0.1) is 10.2 Å². The third-order valence-corrected chi connectivity index (χ3v) is 7.29. The third-order valence-electron chi connectivity index (χ3n) is 5.77. The lowest BCUT2D eigenvalue weighted by molar-refractivity contribution is -0.113. The van der Waals surface area contributed by atoms with Crippen molar-refractivity contribution in [2.75, 3.05) is 11.1 Å². The summed E-state index contributed by atoms with van der Waals surface area (Å²) in [6, 6.07) is 10.2. The van der Waals surface area contributed by atoms with Crippen molar-refractivity contribution in [1.29, 1.82) is 0 Å². The second-order valence-corrected chi connectivity index (χ2v) is 10.7. The highest BCUT2D eigenvalue weighted by molar-refractivity contribution is 7.99. The van der Waals surface area contributed by atoms with Crippen LogP contribution in [0.15, 0.2) is 41.6 Å². The maximum atomic E-state index is 13.0. The number of carbonyl (C=O) groups is 2. The van der Waals surface area contributed by atoms with Crippen molar-refractivity contribution in [1.82, 2.24) is 20.1 Å². The number of nitrogens with zero attached hydrogens (tertiary/aromatic N) is 3. The van der Waals surface area contributed by atoms with E-state index >= 15 is 0 Å². The van der Waals surface area contributed by atoms with Crippen LogP contribution in [0.1, 0.15) is 60.5 Å². The molecule has 0 unspecified atom stereocenters. The first-order valence-electron chi connectivity index (χ1n) is 11.8. The van der Waals surface area contributed by atoms with E-state index in [9.17, 15) is 9.59 Å². The molecule has 0 aliphatic carbocycles. The molecule has 0 bridgehead atoms. The van der Waals surface area contributed by atoms with Gasteiger partial charge in [0.2, 0.25) is 5.91 Å². The molecule has 2 aromatic carbocycles. The first kappa shape index (κ1) is 28.0. The number of amides is 2. The lowest BCUT2D eigenvalue weighted by Gasteiger charge is -2.21. The summed E-state index contributed by atoms with van der Waals surface area (Å²) >= 11 is 13.5. The van der Waals surface area contributed by atoms with Gasteiger partial charge in [0.15, 0.2) is 11.0 Å². The SMILES string of the molecule is CCn1c(SCC(=O)Nc2cccc(C)c2C)nnc1[C@H](CC(C)C)NC(=O)c1ccc(Cl)cc1Cl. The van der Waals surface area contributed by atoms with Crippen molar-refractivity contribution in [2.45, 2.75) is 58.8 Å². The number of halogens is 2. The van der Waals surface area contributed by atoms with Gasteiger partial charge in [-0.05, 0) is 68.5 Å². The highest BCUT2D eigenvalue weighted by Crippen LogP contribution is 2.27. The number of rotatable bonds is 10. The molecule has 1 atom stereocenters. The standard InChI is InChI=1S/C26H31Cl2N5O2S/c1-6-33-24(22(12-15(2)3)30-25(35)19-11-10-18(27)13-20(19)28)31-32-26(33)36-14-23(34)29-21-9-7-8-16(4)17(21)5/h7-11,13,15,22H,6,12,14H2,1-5H3,(H,29,34)(H,30,35)/t22-/m0/s1. The molecule has 1 heterocycles. The zero-order chi connectivity index (χ0) is 26.4. The fraction of sp³-hybridized carbons (Fsp3) is 0.385. The van der Waals surface area contributed by atoms with Gasteiger partial charge in [0, 0.05) is 17.3 Å². The molecule has 2 amide bonds. The van der Waals surface area contributed by atoms with Crippen molar-refractivity contribution in [3.8, 4) is 0 Å². The molecular weight excluding hydrogens is 517 g/mol. The van der Waals surface area contributed by atoms with Gasteiger partial charge in [-0.3, -0.25) is 9.59 Å². The summed E-state index contributed by atoms with van der Waals surface area (Å²) in [6.45, 7) is 10.7. The molecule has 7 nitrogen and oxygen atoms in total. The van der Waals surface area contributed by atoms with Crippen LogP contribution in [0, 0.1) is 19.8 Å². The van der Waals surface area contributed by atoms with Gasteiger partial charge in [0.1, 0.15) is 0 Å². The number of hydrogen-bond acceptors (Lipinski definition) is 5. The normalized spacial score (nSPS) is 12.0. The maximum absolute atomic E-state index is 13.0. The van der Waals surface area contributed by atoms with Gasteiger partial charge < -0.3 is 15.2 Å². The Bertz CT molecular complexity index is 1250. The molecule has 0 spiro atoms. The lowest BCUT2D eigenvalue weighted by atomic mass is 10.0. The van der Waals surface area contributed by atoms with Gasteiger partial charge in [0.05, 0.1) is 22.4 Å². The third kappa shape index (κ3) is 7.02. The first-order valence-corrected chi connectivity index (χ1v) is 13.5. The van der Waals surface area contributed by atoms with E-state index in [2.05, 4.69) is 34.7 Å². The molecule has 0 fully saturated rings. The predicted octanol–water partition coefficient (Wildman–Crippen LogP) is 6.47. The number of aromatic nitrogens is 3. The molecule has 0 radical (unpaired) electrons. The van der Waals surface area contributed by atoms with E-state index in [0.29, 0.717) is 34.5 Å². The van der Waals surface area contributed by atoms with Crippen molar-refractivity contribution in [2.24, 2.45) is 5.92 Å². The number of benzene rings is 2. The minimum absolute atomic E-state index is 0.120. The number of nitrogens with one attached hydrogen (secondary N) is 2. The summed E-state index contributed by atoms with van der Waals surface area (Å²) < 4.78 is 1.94. The van der Waals surface area contributed by atoms with Crippen molar-refractivity contribution in [3.05, 3.63) is 69.0 Å². The summed E-state index contributed by atoms with van der Waals surface area (Å²) in [7, 11) is 0. The number of aryl methyl sites for hydroxylation is 1. The average molecular weight is 549 g/mol. The van der Waals surface area contributed by atoms with Crippen LogP contribution in [0.3, 0.4) is 0 Å². The number of thioether (sulfide) groups is 1. The van der Waals surface area contributed by atoms with Gasteiger partial charge in [-0.25, -0.2) is 0 Å². The van der Waals surface area contributed by atoms with Crippen LogP contribution >= 0.6 is 35.0 Å². The van der Waals surface area contributed by atoms with Crippen LogP contribution < -0.4 is 10.6 Å². The van der Waals surface area contributed by atoms with Crippen molar-refractivity contribution in [3.63, 3.8) is 0 Å². The number of hydrogen-bond donors (Lipinski definition) is 2. The van der Waals surface area contributed by atoms with Crippen molar-refractivity contribution < 1.29 is 9.59 Å². The van der Waals surface area contributed by atoms with Gasteiger partial charge in [0.25, 0.3) is 5.91 Å². The Hall–Kier alpha value is -2.55. The zero-order valence-corrected chi connectivity index (χ0v) is 23.4. The van der Waals surface area contributed by atoms with Gasteiger partial charge >= 0.3 is 0 Å².